The minimum absolute atomic E-state index is 0.0911. The number of hydrogen-bond donors (Lipinski definition) is 1. The third-order valence-electron chi connectivity index (χ3n) is 5.12. The molecular weight excluding hydrogens is 352 g/mol. The molecule has 1 aliphatic heterocycles. The van der Waals surface area contributed by atoms with E-state index in [1.165, 1.54) is 49.0 Å². The van der Waals surface area contributed by atoms with Crippen LogP contribution in [0.25, 0.3) is 0 Å². The van der Waals surface area contributed by atoms with Gasteiger partial charge in [0.2, 0.25) is 5.91 Å². The first-order valence-electron chi connectivity index (χ1n) is 9.92. The highest BCUT2D eigenvalue weighted by atomic mass is 32.2. The summed E-state index contributed by atoms with van der Waals surface area (Å²) in [5.41, 5.74) is 3.80. The Labute approximate surface area is 167 Å². The summed E-state index contributed by atoms with van der Waals surface area (Å²) in [6, 6.07) is 16.8. The summed E-state index contributed by atoms with van der Waals surface area (Å²) in [5, 5.41) is 3.02. The molecule has 1 aliphatic rings. The third-order valence-corrected chi connectivity index (χ3v) is 6.23. The molecule has 0 unspecified atom stereocenters. The van der Waals surface area contributed by atoms with E-state index >= 15 is 0 Å². The lowest BCUT2D eigenvalue weighted by molar-refractivity contribution is -0.120. The van der Waals surface area contributed by atoms with Gasteiger partial charge >= 0.3 is 0 Å². The minimum atomic E-state index is -0.109. The Morgan fingerprint density at radius 3 is 2.41 bits per heavy atom. The highest BCUT2D eigenvalue weighted by Gasteiger charge is 2.16. The first-order chi connectivity index (χ1) is 13.1. The Morgan fingerprint density at radius 2 is 1.70 bits per heavy atom. The summed E-state index contributed by atoms with van der Waals surface area (Å²) < 4.78 is 0. The molecule has 0 spiro atoms. The van der Waals surface area contributed by atoms with Crippen molar-refractivity contribution in [2.45, 2.75) is 56.3 Å². The molecule has 3 rings (SSSR count). The van der Waals surface area contributed by atoms with Crippen molar-refractivity contribution in [1.82, 2.24) is 10.2 Å². The van der Waals surface area contributed by atoms with Crippen molar-refractivity contribution < 1.29 is 4.79 Å². The van der Waals surface area contributed by atoms with Crippen LogP contribution in [0.4, 0.5) is 0 Å². The Balaban J connectivity index is 1.54. The zero-order chi connectivity index (χ0) is 19.1. The molecular formula is C23H30N2OS. The van der Waals surface area contributed by atoms with Crippen molar-refractivity contribution in [3.8, 4) is 0 Å². The summed E-state index contributed by atoms with van der Waals surface area (Å²) in [6.07, 6.45) is 3.95. The summed E-state index contributed by atoms with van der Waals surface area (Å²) >= 11 is 1.61. The van der Waals surface area contributed by atoms with Gasteiger partial charge in [0, 0.05) is 18.0 Å². The number of nitrogens with zero attached hydrogens (tertiary/aromatic N) is 1. The molecule has 2 aromatic rings. The second-order valence-corrected chi connectivity index (χ2v) is 8.81. The number of carbonyl (C=O) groups excluding carboxylic acids is 1. The molecule has 4 heteroatoms. The quantitative estimate of drug-likeness (QED) is 0.700. The Morgan fingerprint density at radius 1 is 1.04 bits per heavy atom. The molecule has 27 heavy (non-hydrogen) atoms. The van der Waals surface area contributed by atoms with Gasteiger partial charge in [-0.3, -0.25) is 9.69 Å². The normalized spacial score (nSPS) is 16.1. The average molecular weight is 383 g/mol. The molecule has 1 saturated heterocycles. The number of rotatable bonds is 7. The second kappa shape index (κ2) is 9.95. The maximum atomic E-state index is 12.5. The lowest BCUT2D eigenvalue weighted by Crippen LogP contribution is -2.32. The van der Waals surface area contributed by atoms with E-state index in [2.05, 4.69) is 65.7 Å². The van der Waals surface area contributed by atoms with Crippen LogP contribution in [-0.2, 0) is 17.9 Å². The van der Waals surface area contributed by atoms with Crippen molar-refractivity contribution in [3.63, 3.8) is 0 Å². The number of likely N-dealkylation sites (tertiary alicyclic amines) is 1. The molecule has 1 fully saturated rings. The van der Waals surface area contributed by atoms with Crippen LogP contribution >= 0.6 is 11.8 Å². The van der Waals surface area contributed by atoms with E-state index in [0.29, 0.717) is 6.54 Å². The molecule has 0 aliphatic carbocycles. The standard InChI is InChI=1S/C23H30N2OS/c1-18-10-12-22(13-11-18)27-19(2)23(26)24-16-20-8-4-5-9-21(20)17-25-14-6-3-7-15-25/h4-5,8-13,19H,3,6-7,14-17H2,1-2H3,(H,24,26)/t19-/m1/s1. The number of piperidine rings is 1. The average Bonchev–Trinajstić information content (AvgIpc) is 2.69. The van der Waals surface area contributed by atoms with Gasteiger partial charge in [-0.1, -0.05) is 48.4 Å². The maximum Gasteiger partial charge on any atom is 0.233 e. The van der Waals surface area contributed by atoms with E-state index in [-0.39, 0.29) is 11.2 Å². The predicted octanol–water partition coefficient (Wildman–Crippen LogP) is 4.78. The summed E-state index contributed by atoms with van der Waals surface area (Å²) in [6.45, 7) is 8.00. The molecule has 2 aromatic carbocycles. The van der Waals surface area contributed by atoms with E-state index in [9.17, 15) is 4.79 Å². The van der Waals surface area contributed by atoms with Crippen molar-refractivity contribution in [3.05, 3.63) is 65.2 Å². The molecule has 144 valence electrons. The number of amides is 1. The molecule has 0 saturated carbocycles. The maximum absolute atomic E-state index is 12.5. The van der Waals surface area contributed by atoms with Gasteiger partial charge in [0.15, 0.2) is 0 Å². The van der Waals surface area contributed by atoms with Crippen LogP contribution in [0.1, 0.15) is 42.9 Å². The van der Waals surface area contributed by atoms with E-state index in [1.54, 1.807) is 11.8 Å². The number of thioether (sulfide) groups is 1. The number of carbonyl (C=O) groups is 1. The topological polar surface area (TPSA) is 32.3 Å². The van der Waals surface area contributed by atoms with E-state index in [1.807, 2.05) is 6.92 Å². The zero-order valence-corrected chi connectivity index (χ0v) is 17.2. The first kappa shape index (κ1) is 20.0. The summed E-state index contributed by atoms with van der Waals surface area (Å²) in [5.74, 6) is 0.0911. The van der Waals surface area contributed by atoms with Crippen LogP contribution in [-0.4, -0.2) is 29.1 Å². The largest absolute Gasteiger partial charge is 0.351 e. The summed E-state index contributed by atoms with van der Waals surface area (Å²) in [7, 11) is 0. The highest BCUT2D eigenvalue weighted by Crippen LogP contribution is 2.23. The van der Waals surface area contributed by atoms with Crippen molar-refractivity contribution in [1.29, 1.82) is 0 Å². The molecule has 1 N–H and O–H groups in total. The fourth-order valence-electron chi connectivity index (χ4n) is 3.44. The second-order valence-electron chi connectivity index (χ2n) is 7.40. The van der Waals surface area contributed by atoms with Crippen molar-refractivity contribution >= 4 is 17.7 Å². The van der Waals surface area contributed by atoms with Gasteiger partial charge in [-0.15, -0.1) is 11.8 Å². The lowest BCUT2D eigenvalue weighted by atomic mass is 10.0. The smallest absolute Gasteiger partial charge is 0.233 e. The molecule has 1 heterocycles. The van der Waals surface area contributed by atoms with Gasteiger partial charge < -0.3 is 5.32 Å². The molecule has 1 amide bonds. The SMILES string of the molecule is Cc1ccc(S[C@H](C)C(=O)NCc2ccccc2CN2CCCCC2)cc1. The Kier molecular flexibility index (Phi) is 7.36. The Bertz CT molecular complexity index is 738. The molecule has 1 atom stereocenters. The van der Waals surface area contributed by atoms with Gasteiger partial charge in [-0.05, 0) is 63.0 Å². The van der Waals surface area contributed by atoms with Crippen LogP contribution in [0.5, 0.6) is 0 Å². The van der Waals surface area contributed by atoms with Gasteiger partial charge in [-0.25, -0.2) is 0 Å². The fraction of sp³-hybridized carbons (Fsp3) is 0.435. The number of nitrogens with one attached hydrogen (secondary N) is 1. The van der Waals surface area contributed by atoms with E-state index in [0.717, 1.165) is 11.4 Å². The Hall–Kier alpha value is -1.78. The van der Waals surface area contributed by atoms with Gasteiger partial charge in [0.1, 0.15) is 0 Å². The van der Waals surface area contributed by atoms with Gasteiger partial charge in [-0.2, -0.15) is 0 Å². The van der Waals surface area contributed by atoms with Crippen LogP contribution in [0.15, 0.2) is 53.4 Å². The van der Waals surface area contributed by atoms with Crippen LogP contribution < -0.4 is 5.32 Å². The minimum Gasteiger partial charge on any atom is -0.351 e. The number of aryl methyl sites for hydroxylation is 1. The fourth-order valence-corrected chi connectivity index (χ4v) is 4.34. The van der Waals surface area contributed by atoms with Crippen molar-refractivity contribution in [2.24, 2.45) is 0 Å². The third kappa shape index (κ3) is 6.12. The van der Waals surface area contributed by atoms with Crippen LogP contribution in [0.2, 0.25) is 0 Å². The first-order valence-corrected chi connectivity index (χ1v) is 10.8. The predicted molar refractivity (Wildman–Crippen MR) is 114 cm³/mol. The molecule has 3 nitrogen and oxygen atoms in total. The van der Waals surface area contributed by atoms with E-state index < -0.39 is 0 Å². The van der Waals surface area contributed by atoms with E-state index in [4.69, 9.17) is 0 Å². The molecule has 0 radical (unpaired) electrons. The zero-order valence-electron chi connectivity index (χ0n) is 16.4. The number of benzene rings is 2. The number of hydrogen-bond acceptors (Lipinski definition) is 3. The summed E-state index contributed by atoms with van der Waals surface area (Å²) in [4.78, 5) is 16.2. The molecule has 0 aromatic heterocycles. The molecule has 0 bridgehead atoms. The highest BCUT2D eigenvalue weighted by molar-refractivity contribution is 8.00. The van der Waals surface area contributed by atoms with Crippen LogP contribution in [0.3, 0.4) is 0 Å². The van der Waals surface area contributed by atoms with Crippen LogP contribution in [0, 0.1) is 6.92 Å². The monoisotopic (exact) mass is 382 g/mol. The van der Waals surface area contributed by atoms with Crippen molar-refractivity contribution in [2.75, 3.05) is 13.1 Å². The van der Waals surface area contributed by atoms with Gasteiger partial charge in [0.25, 0.3) is 0 Å². The van der Waals surface area contributed by atoms with Gasteiger partial charge in [0.05, 0.1) is 5.25 Å². The lowest BCUT2D eigenvalue weighted by Gasteiger charge is -2.27.